The summed E-state index contributed by atoms with van der Waals surface area (Å²) in [5, 5.41) is 0. The molecule has 3 nitrogen and oxygen atoms in total. The largest absolute Gasteiger partial charge is 0.379 e. The summed E-state index contributed by atoms with van der Waals surface area (Å²) in [5.74, 6) is 6.54. The van der Waals surface area contributed by atoms with E-state index in [9.17, 15) is 4.79 Å². The quantitative estimate of drug-likeness (QED) is 0.526. The van der Waals surface area contributed by atoms with E-state index in [4.69, 9.17) is 4.74 Å². The number of carbonyl (C=O) groups is 1. The zero-order chi connectivity index (χ0) is 13.3. The maximum atomic E-state index is 11.7. The van der Waals surface area contributed by atoms with E-state index in [2.05, 4.69) is 11.8 Å². The Morgan fingerprint density at radius 2 is 1.94 bits per heavy atom. The van der Waals surface area contributed by atoms with Crippen LogP contribution in [-0.4, -0.2) is 37.1 Å². The molecular weight excluding hydrogens is 214 g/mol. The van der Waals surface area contributed by atoms with E-state index in [0.717, 1.165) is 6.42 Å². The van der Waals surface area contributed by atoms with Crippen LogP contribution in [0.4, 0.5) is 0 Å². The van der Waals surface area contributed by atoms with Crippen LogP contribution in [-0.2, 0) is 9.53 Å². The lowest BCUT2D eigenvalue weighted by Crippen LogP contribution is -2.27. The topological polar surface area (TPSA) is 29.5 Å². The molecule has 0 aromatic rings. The number of hydrogen-bond acceptors (Lipinski definition) is 2. The summed E-state index contributed by atoms with van der Waals surface area (Å²) in [6.07, 6.45) is 1.55. The van der Waals surface area contributed by atoms with Gasteiger partial charge in [0.2, 0.25) is 5.91 Å². The van der Waals surface area contributed by atoms with Gasteiger partial charge < -0.3 is 9.64 Å². The van der Waals surface area contributed by atoms with E-state index < -0.39 is 0 Å². The smallest absolute Gasteiger partial charge is 0.223 e. The van der Waals surface area contributed by atoms with Gasteiger partial charge in [0, 0.05) is 26.0 Å². The third kappa shape index (κ3) is 9.89. The van der Waals surface area contributed by atoms with Crippen LogP contribution in [0.3, 0.4) is 0 Å². The van der Waals surface area contributed by atoms with Crippen molar-refractivity contribution in [2.45, 2.75) is 46.6 Å². The number of amides is 1. The van der Waals surface area contributed by atoms with Crippen LogP contribution < -0.4 is 0 Å². The van der Waals surface area contributed by atoms with Gasteiger partial charge in [0.15, 0.2) is 0 Å². The second-order valence-corrected chi connectivity index (χ2v) is 4.75. The molecule has 0 heterocycles. The molecule has 0 aromatic heterocycles. The van der Waals surface area contributed by atoms with E-state index in [0.29, 0.717) is 25.5 Å². The minimum atomic E-state index is 0.135. The van der Waals surface area contributed by atoms with Gasteiger partial charge in [-0.25, -0.2) is 0 Å². The van der Waals surface area contributed by atoms with Gasteiger partial charge in [-0.15, -0.1) is 0 Å². The number of carbonyl (C=O) groups excluding carboxylic acids is 1. The lowest BCUT2D eigenvalue weighted by molar-refractivity contribution is -0.129. The molecule has 0 spiro atoms. The molecule has 1 amide bonds. The summed E-state index contributed by atoms with van der Waals surface area (Å²) in [4.78, 5) is 13.3. The first-order valence-corrected chi connectivity index (χ1v) is 6.27. The number of hydrogen-bond donors (Lipinski definition) is 0. The van der Waals surface area contributed by atoms with Crippen LogP contribution in [0.5, 0.6) is 0 Å². The van der Waals surface area contributed by atoms with E-state index >= 15 is 0 Å². The minimum absolute atomic E-state index is 0.135. The molecule has 0 fully saturated rings. The summed E-state index contributed by atoms with van der Waals surface area (Å²) in [5.41, 5.74) is 0. The van der Waals surface area contributed by atoms with Gasteiger partial charge in [-0.2, -0.15) is 0 Å². The molecule has 0 aliphatic rings. The van der Waals surface area contributed by atoms with Crippen molar-refractivity contribution in [3.05, 3.63) is 0 Å². The third-order valence-electron chi connectivity index (χ3n) is 2.12. The summed E-state index contributed by atoms with van der Waals surface area (Å²) >= 11 is 0. The Hall–Kier alpha value is -1.01. The highest BCUT2D eigenvalue weighted by molar-refractivity contribution is 5.76. The summed E-state index contributed by atoms with van der Waals surface area (Å²) in [6, 6.07) is 0. The highest BCUT2D eigenvalue weighted by atomic mass is 16.5. The molecule has 0 saturated carbocycles. The maximum Gasteiger partial charge on any atom is 0.223 e. The molecule has 17 heavy (non-hydrogen) atoms. The second-order valence-electron chi connectivity index (χ2n) is 4.75. The molecular formula is C14H25NO2. The van der Waals surface area contributed by atoms with Crippen molar-refractivity contribution in [1.29, 1.82) is 0 Å². The van der Waals surface area contributed by atoms with E-state index in [1.807, 2.05) is 27.7 Å². The third-order valence-corrected chi connectivity index (χ3v) is 2.12. The van der Waals surface area contributed by atoms with Crippen LogP contribution in [0.15, 0.2) is 0 Å². The Balaban J connectivity index is 3.72. The molecule has 0 bridgehead atoms. The highest BCUT2D eigenvalue weighted by Gasteiger charge is 2.06. The molecule has 0 aliphatic heterocycles. The van der Waals surface area contributed by atoms with E-state index in [1.54, 1.807) is 11.9 Å². The van der Waals surface area contributed by atoms with Gasteiger partial charge in [-0.1, -0.05) is 25.7 Å². The predicted octanol–water partition coefficient (Wildman–Crippen LogP) is 2.31. The number of nitrogens with zero attached hydrogens (tertiary/aromatic N) is 1. The van der Waals surface area contributed by atoms with Crippen molar-refractivity contribution in [2.24, 2.45) is 5.92 Å². The van der Waals surface area contributed by atoms with Gasteiger partial charge in [-0.3, -0.25) is 4.79 Å². The normalized spacial score (nSPS) is 10.3. The molecule has 3 heteroatoms. The minimum Gasteiger partial charge on any atom is -0.379 e. The molecule has 0 rings (SSSR count). The lowest BCUT2D eigenvalue weighted by Gasteiger charge is -2.14. The predicted molar refractivity (Wildman–Crippen MR) is 70.6 cm³/mol. The number of rotatable bonds is 6. The van der Waals surface area contributed by atoms with Crippen molar-refractivity contribution in [1.82, 2.24) is 4.90 Å². The van der Waals surface area contributed by atoms with Crippen LogP contribution in [0.25, 0.3) is 0 Å². The maximum absolute atomic E-state index is 11.7. The Bertz CT molecular complexity index is 274. The van der Waals surface area contributed by atoms with E-state index in [1.165, 1.54) is 0 Å². The van der Waals surface area contributed by atoms with Crippen molar-refractivity contribution in [3.63, 3.8) is 0 Å². The Morgan fingerprint density at radius 3 is 2.47 bits per heavy atom. The Labute approximate surface area is 106 Å². The van der Waals surface area contributed by atoms with Crippen LogP contribution >= 0.6 is 0 Å². The van der Waals surface area contributed by atoms with Gasteiger partial charge in [0.05, 0.1) is 12.6 Å². The molecule has 0 radical (unpaired) electrons. The van der Waals surface area contributed by atoms with Crippen molar-refractivity contribution >= 4 is 5.91 Å². The first-order valence-electron chi connectivity index (χ1n) is 6.27. The summed E-state index contributed by atoms with van der Waals surface area (Å²) in [6.45, 7) is 9.23. The lowest BCUT2D eigenvalue weighted by atomic mass is 10.2. The van der Waals surface area contributed by atoms with Crippen LogP contribution in [0.1, 0.15) is 40.5 Å². The van der Waals surface area contributed by atoms with Gasteiger partial charge >= 0.3 is 0 Å². The first-order chi connectivity index (χ1) is 7.93. The molecule has 0 saturated heterocycles. The van der Waals surface area contributed by atoms with Crippen molar-refractivity contribution < 1.29 is 9.53 Å². The van der Waals surface area contributed by atoms with Crippen LogP contribution in [0, 0.1) is 17.8 Å². The zero-order valence-electron chi connectivity index (χ0n) is 11.7. The number of ether oxygens (including phenoxy) is 1. The van der Waals surface area contributed by atoms with Crippen molar-refractivity contribution in [2.75, 3.05) is 20.2 Å². The monoisotopic (exact) mass is 239 g/mol. The first kappa shape index (κ1) is 16.0. The molecule has 98 valence electrons. The fourth-order valence-electron chi connectivity index (χ4n) is 1.19. The molecule has 0 aromatic carbocycles. The fraction of sp³-hybridized carbons (Fsp3) is 0.786. The van der Waals surface area contributed by atoms with Crippen molar-refractivity contribution in [3.8, 4) is 11.8 Å². The standard InChI is InChI=1S/C14H25NO2/c1-12(2)8-6-10-15(5)14(16)9-7-11-17-13(3)4/h12-13H,7,9-11H2,1-5H3. The highest BCUT2D eigenvalue weighted by Crippen LogP contribution is 1.98. The Morgan fingerprint density at radius 1 is 1.29 bits per heavy atom. The fourth-order valence-corrected chi connectivity index (χ4v) is 1.19. The second kappa shape index (κ2) is 9.07. The van der Waals surface area contributed by atoms with Gasteiger partial charge in [0.25, 0.3) is 0 Å². The van der Waals surface area contributed by atoms with Gasteiger partial charge in [0.1, 0.15) is 0 Å². The van der Waals surface area contributed by atoms with E-state index in [-0.39, 0.29) is 12.0 Å². The summed E-state index contributed by atoms with van der Waals surface area (Å²) < 4.78 is 5.39. The molecule has 0 aliphatic carbocycles. The average Bonchev–Trinajstić information content (AvgIpc) is 2.23. The summed E-state index contributed by atoms with van der Waals surface area (Å²) in [7, 11) is 1.79. The molecule has 0 N–H and O–H groups in total. The van der Waals surface area contributed by atoms with Crippen LogP contribution in [0.2, 0.25) is 0 Å². The average molecular weight is 239 g/mol. The van der Waals surface area contributed by atoms with Gasteiger partial charge in [-0.05, 0) is 20.3 Å². The zero-order valence-corrected chi connectivity index (χ0v) is 11.7. The molecule has 0 unspecified atom stereocenters. The Kier molecular flexibility index (Phi) is 8.53. The molecule has 0 atom stereocenters. The SMILES string of the molecule is CC(C)C#CCN(C)C(=O)CCCOC(C)C.